The Kier molecular flexibility index (Phi) is 6.49. The number of aromatic nitrogens is 4. The molecule has 0 saturated carbocycles. The number of benzene rings is 1. The zero-order chi connectivity index (χ0) is 22.5. The van der Waals surface area contributed by atoms with Gasteiger partial charge in [0.05, 0.1) is 12.2 Å². The number of rotatable bonds is 7. The van der Waals surface area contributed by atoms with Gasteiger partial charge in [-0.3, -0.25) is 0 Å². The second-order valence-electron chi connectivity index (χ2n) is 6.79. The van der Waals surface area contributed by atoms with E-state index in [0.29, 0.717) is 16.8 Å². The maximum Gasteiger partial charge on any atom is 0.355 e. The van der Waals surface area contributed by atoms with Crippen LogP contribution in [0.3, 0.4) is 0 Å². The fourth-order valence-electron chi connectivity index (χ4n) is 3.06. The summed E-state index contributed by atoms with van der Waals surface area (Å²) >= 11 is 0. The van der Waals surface area contributed by atoms with Crippen molar-refractivity contribution >= 4 is 29.5 Å². The number of carbonyl (C=O) groups is 2. The van der Waals surface area contributed by atoms with Gasteiger partial charge in [-0.15, -0.1) is 0 Å². The molecule has 4 N–H and O–H groups in total. The number of aromatic amines is 1. The van der Waals surface area contributed by atoms with E-state index in [-0.39, 0.29) is 36.6 Å². The second kappa shape index (κ2) is 9.24. The number of H-pyrrole nitrogens is 1. The highest BCUT2D eigenvalue weighted by Crippen LogP contribution is 2.21. The molecule has 3 aromatic rings. The smallest absolute Gasteiger partial charge is 0.355 e. The molecule has 10 nitrogen and oxygen atoms in total. The summed E-state index contributed by atoms with van der Waals surface area (Å²) in [7, 11) is 0. The first-order valence-electron chi connectivity index (χ1n) is 9.66. The molecule has 1 aromatic carbocycles. The molecular weight excluding hydrogens is 400 g/mol. The van der Waals surface area contributed by atoms with Crippen molar-refractivity contribution in [3.8, 4) is 0 Å². The van der Waals surface area contributed by atoms with Gasteiger partial charge in [0.15, 0.2) is 12.4 Å². The molecule has 2 aromatic heterocycles. The largest absolute Gasteiger partial charge is 0.462 e. The molecule has 0 fully saturated rings. The van der Waals surface area contributed by atoms with Crippen LogP contribution in [0.15, 0.2) is 24.3 Å². The fourth-order valence-corrected chi connectivity index (χ4v) is 3.06. The molecule has 0 atom stereocenters. The van der Waals surface area contributed by atoms with Gasteiger partial charge < -0.3 is 25.5 Å². The number of nitrogen functional groups attached to an aromatic ring is 1. The van der Waals surface area contributed by atoms with Crippen LogP contribution < -0.4 is 11.1 Å². The van der Waals surface area contributed by atoms with Crippen LogP contribution in [-0.2, 0) is 16.1 Å². The Labute approximate surface area is 179 Å². The first kappa shape index (κ1) is 21.8. The lowest BCUT2D eigenvalue weighted by atomic mass is 10.1. The van der Waals surface area contributed by atoms with Crippen molar-refractivity contribution in [2.24, 2.45) is 0 Å². The van der Waals surface area contributed by atoms with Crippen molar-refractivity contribution in [1.29, 1.82) is 0 Å². The lowest BCUT2D eigenvalue weighted by molar-refractivity contribution is 0.0455. The monoisotopic (exact) mass is 424 g/mol. The summed E-state index contributed by atoms with van der Waals surface area (Å²) in [6, 6.07) is 7.63. The van der Waals surface area contributed by atoms with Crippen LogP contribution in [0.1, 0.15) is 50.4 Å². The quantitative estimate of drug-likeness (QED) is 0.487. The van der Waals surface area contributed by atoms with Crippen molar-refractivity contribution in [3.63, 3.8) is 0 Å². The Balaban J connectivity index is 1.74. The van der Waals surface area contributed by atoms with Gasteiger partial charge in [0, 0.05) is 11.4 Å². The van der Waals surface area contributed by atoms with Crippen LogP contribution in [0.2, 0.25) is 0 Å². The highest BCUT2D eigenvalue weighted by molar-refractivity contribution is 5.98. The van der Waals surface area contributed by atoms with E-state index in [1.807, 2.05) is 31.2 Å². The van der Waals surface area contributed by atoms with E-state index >= 15 is 0 Å². The van der Waals surface area contributed by atoms with Crippen molar-refractivity contribution in [1.82, 2.24) is 19.9 Å². The third-order valence-corrected chi connectivity index (χ3v) is 4.54. The number of hydrogen-bond acceptors (Lipinski definition) is 9. The number of ether oxygens (including phenoxy) is 2. The van der Waals surface area contributed by atoms with Crippen LogP contribution in [-0.4, -0.2) is 38.5 Å². The normalized spacial score (nSPS) is 10.6. The number of aryl methyl sites for hydroxylation is 2. The summed E-state index contributed by atoms with van der Waals surface area (Å²) < 4.78 is 10.4. The molecular formula is C21H24N6O4. The van der Waals surface area contributed by atoms with Crippen LogP contribution >= 0.6 is 0 Å². The van der Waals surface area contributed by atoms with Gasteiger partial charge in [-0.1, -0.05) is 18.2 Å². The molecule has 0 unspecified atom stereocenters. The molecule has 162 valence electrons. The molecule has 0 radical (unpaired) electrons. The summed E-state index contributed by atoms with van der Waals surface area (Å²) in [5.41, 5.74) is 9.07. The molecule has 0 aliphatic rings. The third-order valence-electron chi connectivity index (χ3n) is 4.54. The Morgan fingerprint density at radius 1 is 1.06 bits per heavy atom. The van der Waals surface area contributed by atoms with Gasteiger partial charge in [0.25, 0.3) is 0 Å². The van der Waals surface area contributed by atoms with Gasteiger partial charge in [0.1, 0.15) is 5.69 Å². The Bertz CT molecular complexity index is 1130. The molecule has 0 spiro atoms. The Morgan fingerprint density at radius 3 is 2.52 bits per heavy atom. The molecule has 0 amide bonds. The summed E-state index contributed by atoms with van der Waals surface area (Å²) in [6.07, 6.45) is 0. The van der Waals surface area contributed by atoms with Crippen molar-refractivity contribution in [3.05, 3.63) is 58.2 Å². The van der Waals surface area contributed by atoms with Gasteiger partial charge >= 0.3 is 11.9 Å². The molecule has 0 aliphatic heterocycles. The molecule has 31 heavy (non-hydrogen) atoms. The minimum Gasteiger partial charge on any atom is -0.462 e. The summed E-state index contributed by atoms with van der Waals surface area (Å²) in [4.78, 5) is 39.9. The maximum absolute atomic E-state index is 12.6. The van der Waals surface area contributed by atoms with Crippen LogP contribution in [0.4, 0.5) is 17.6 Å². The molecule has 2 heterocycles. The highest BCUT2D eigenvalue weighted by atomic mass is 16.5. The second-order valence-corrected chi connectivity index (χ2v) is 6.79. The van der Waals surface area contributed by atoms with E-state index in [4.69, 9.17) is 15.2 Å². The zero-order valence-corrected chi connectivity index (χ0v) is 17.8. The predicted octanol–water partition coefficient (Wildman–Crippen LogP) is 2.98. The Hall–Kier alpha value is -3.95. The van der Waals surface area contributed by atoms with Gasteiger partial charge in [-0.2, -0.15) is 15.0 Å². The number of anilines is 3. The van der Waals surface area contributed by atoms with Crippen LogP contribution in [0.5, 0.6) is 0 Å². The van der Waals surface area contributed by atoms with E-state index in [1.54, 1.807) is 20.8 Å². The topological polar surface area (TPSA) is 145 Å². The van der Waals surface area contributed by atoms with Crippen LogP contribution in [0.25, 0.3) is 0 Å². The lowest BCUT2D eigenvalue weighted by Crippen LogP contribution is -2.12. The van der Waals surface area contributed by atoms with E-state index in [1.165, 1.54) is 0 Å². The van der Waals surface area contributed by atoms with Crippen molar-refractivity contribution in [2.75, 3.05) is 17.7 Å². The van der Waals surface area contributed by atoms with Gasteiger partial charge in [-0.05, 0) is 44.9 Å². The predicted molar refractivity (Wildman–Crippen MR) is 114 cm³/mol. The number of hydrogen-bond donors (Lipinski definition) is 3. The van der Waals surface area contributed by atoms with E-state index in [9.17, 15) is 9.59 Å². The number of para-hydroxylation sites is 1. The average molecular weight is 424 g/mol. The fraction of sp³-hybridized carbons (Fsp3) is 0.286. The zero-order valence-electron chi connectivity index (χ0n) is 17.8. The van der Waals surface area contributed by atoms with Gasteiger partial charge in [0.2, 0.25) is 11.9 Å². The Morgan fingerprint density at radius 2 is 1.81 bits per heavy atom. The first-order chi connectivity index (χ1) is 14.8. The van der Waals surface area contributed by atoms with Crippen molar-refractivity contribution in [2.45, 2.75) is 34.3 Å². The number of nitrogens with two attached hydrogens (primary N) is 1. The average Bonchev–Trinajstić information content (AvgIpc) is 3.02. The maximum atomic E-state index is 12.6. The third kappa shape index (κ3) is 4.97. The lowest BCUT2D eigenvalue weighted by Gasteiger charge is -2.09. The number of nitrogens with zero attached hydrogens (tertiary/aromatic N) is 3. The molecule has 0 bridgehead atoms. The first-order valence-corrected chi connectivity index (χ1v) is 9.66. The standard InChI is InChI=1S/C21H24N6O4/c1-5-30-18(28)16-12(3)17(23-13(16)4)19(29)31-10-15-25-20(22)27-21(26-15)24-14-9-7-6-8-11(14)2/h6-9,23H,5,10H2,1-4H3,(H3,22,24,25,26,27). The number of nitrogens with one attached hydrogen (secondary N) is 2. The summed E-state index contributed by atoms with van der Waals surface area (Å²) in [5, 5.41) is 3.08. The van der Waals surface area contributed by atoms with Gasteiger partial charge in [-0.25, -0.2) is 9.59 Å². The molecule has 10 heteroatoms. The number of esters is 2. The van der Waals surface area contributed by atoms with E-state index in [2.05, 4.69) is 25.3 Å². The summed E-state index contributed by atoms with van der Waals surface area (Å²) in [5.74, 6) is -0.727. The minimum atomic E-state index is -0.649. The van der Waals surface area contributed by atoms with Crippen molar-refractivity contribution < 1.29 is 19.1 Å². The summed E-state index contributed by atoms with van der Waals surface area (Å²) in [6.45, 7) is 7.01. The molecule has 3 rings (SSSR count). The highest BCUT2D eigenvalue weighted by Gasteiger charge is 2.24. The van der Waals surface area contributed by atoms with E-state index < -0.39 is 11.9 Å². The number of carbonyl (C=O) groups excluding carboxylic acids is 2. The SMILES string of the molecule is CCOC(=O)c1c(C)[nH]c(C(=O)OCc2nc(N)nc(Nc3ccccc3C)n2)c1C. The van der Waals surface area contributed by atoms with Crippen LogP contribution in [0, 0.1) is 20.8 Å². The van der Waals surface area contributed by atoms with E-state index in [0.717, 1.165) is 11.3 Å². The minimum absolute atomic E-state index is 0.00590. The molecule has 0 aliphatic carbocycles. The molecule has 0 saturated heterocycles.